The Labute approximate surface area is 100 Å². The summed E-state index contributed by atoms with van der Waals surface area (Å²) in [7, 11) is -3.67. The molecular weight excluding hydrogens is 336 g/mol. The van der Waals surface area contributed by atoms with Crippen molar-refractivity contribution in [3.63, 3.8) is 0 Å². The first kappa shape index (κ1) is 12.4. The molecule has 0 aliphatic heterocycles. The van der Waals surface area contributed by atoms with Gasteiger partial charge in [-0.05, 0) is 34.7 Å². The normalized spacial score (nSPS) is 11.1. The second kappa shape index (κ2) is 4.44. The molecule has 0 saturated heterocycles. The molecule has 1 amide bonds. The van der Waals surface area contributed by atoms with E-state index >= 15 is 0 Å². The predicted octanol–water partition coefficient (Wildman–Crippen LogP) is 1.12. The van der Waals surface area contributed by atoms with E-state index < -0.39 is 21.7 Å². The zero-order valence-electron chi connectivity index (χ0n) is 7.62. The zero-order chi connectivity index (χ0) is 11.6. The van der Waals surface area contributed by atoms with Crippen molar-refractivity contribution in [1.82, 2.24) is 4.72 Å². The molecular formula is C8H7FINO3S. The van der Waals surface area contributed by atoms with Crippen LogP contribution < -0.4 is 4.72 Å². The molecule has 1 N–H and O–H groups in total. The van der Waals surface area contributed by atoms with Gasteiger partial charge in [-0.15, -0.1) is 0 Å². The Morgan fingerprint density at radius 3 is 2.53 bits per heavy atom. The van der Waals surface area contributed by atoms with E-state index in [1.165, 1.54) is 12.1 Å². The van der Waals surface area contributed by atoms with Crippen molar-refractivity contribution in [3.05, 3.63) is 33.1 Å². The molecule has 0 aliphatic rings. The molecule has 0 atom stereocenters. The molecule has 15 heavy (non-hydrogen) atoms. The van der Waals surface area contributed by atoms with Gasteiger partial charge in [0.2, 0.25) is 10.0 Å². The van der Waals surface area contributed by atoms with Crippen molar-refractivity contribution in [2.75, 3.05) is 6.26 Å². The molecule has 0 aromatic heterocycles. The second-order valence-electron chi connectivity index (χ2n) is 2.80. The van der Waals surface area contributed by atoms with Crippen LogP contribution in [0.4, 0.5) is 4.39 Å². The molecule has 0 fully saturated rings. The van der Waals surface area contributed by atoms with E-state index in [0.29, 0.717) is 3.57 Å². The summed E-state index contributed by atoms with van der Waals surface area (Å²) in [6, 6.07) is 4.05. The number of carbonyl (C=O) groups excluding carboxylic acids is 1. The van der Waals surface area contributed by atoms with Crippen LogP contribution in [0.15, 0.2) is 18.2 Å². The number of carbonyl (C=O) groups is 1. The zero-order valence-corrected chi connectivity index (χ0v) is 10.6. The first-order valence-corrected chi connectivity index (χ1v) is 6.74. The van der Waals surface area contributed by atoms with Crippen LogP contribution in [0.5, 0.6) is 0 Å². The Morgan fingerprint density at radius 1 is 1.47 bits per heavy atom. The first-order chi connectivity index (χ1) is 6.81. The van der Waals surface area contributed by atoms with Crippen LogP contribution in [0, 0.1) is 9.39 Å². The summed E-state index contributed by atoms with van der Waals surface area (Å²) in [5.41, 5.74) is -0.261. The Balaban J connectivity index is 3.12. The maximum absolute atomic E-state index is 13.2. The highest BCUT2D eigenvalue weighted by molar-refractivity contribution is 14.1. The predicted molar refractivity (Wildman–Crippen MR) is 61.4 cm³/mol. The third-order valence-electron chi connectivity index (χ3n) is 1.47. The molecule has 7 heteroatoms. The van der Waals surface area contributed by atoms with Gasteiger partial charge in [0.15, 0.2) is 0 Å². The molecule has 4 nitrogen and oxygen atoms in total. The molecule has 1 aromatic carbocycles. The van der Waals surface area contributed by atoms with E-state index in [2.05, 4.69) is 0 Å². The van der Waals surface area contributed by atoms with Crippen LogP contribution >= 0.6 is 22.6 Å². The number of halogens is 2. The fraction of sp³-hybridized carbons (Fsp3) is 0.125. The van der Waals surface area contributed by atoms with Crippen LogP contribution in [0.25, 0.3) is 0 Å². The van der Waals surface area contributed by atoms with Crippen molar-refractivity contribution < 1.29 is 17.6 Å². The Bertz CT molecular complexity index is 480. The molecule has 1 rings (SSSR count). The van der Waals surface area contributed by atoms with Gasteiger partial charge >= 0.3 is 0 Å². The number of benzene rings is 1. The molecule has 82 valence electrons. The summed E-state index contributed by atoms with van der Waals surface area (Å²) in [6.07, 6.45) is 0.832. The van der Waals surface area contributed by atoms with Gasteiger partial charge in [0.25, 0.3) is 5.91 Å². The average molecular weight is 343 g/mol. The fourth-order valence-corrected chi connectivity index (χ4v) is 2.08. The minimum absolute atomic E-state index is 0.261. The van der Waals surface area contributed by atoms with Gasteiger partial charge in [0, 0.05) is 3.57 Å². The smallest absolute Gasteiger partial charge is 0.268 e. The molecule has 0 spiro atoms. The summed E-state index contributed by atoms with van der Waals surface area (Å²) < 4.78 is 36.8. The van der Waals surface area contributed by atoms with Crippen molar-refractivity contribution in [3.8, 4) is 0 Å². The highest BCUT2D eigenvalue weighted by atomic mass is 127. The number of nitrogens with one attached hydrogen (secondary N) is 1. The van der Waals surface area contributed by atoms with E-state index in [4.69, 9.17) is 0 Å². The van der Waals surface area contributed by atoms with Crippen LogP contribution in [0.3, 0.4) is 0 Å². The summed E-state index contributed by atoms with van der Waals surface area (Å²) in [5.74, 6) is -1.71. The van der Waals surface area contributed by atoms with Gasteiger partial charge in [-0.25, -0.2) is 17.5 Å². The van der Waals surface area contributed by atoms with E-state index in [1.807, 2.05) is 0 Å². The molecule has 0 radical (unpaired) electrons. The van der Waals surface area contributed by atoms with E-state index in [1.54, 1.807) is 27.3 Å². The molecule has 1 aromatic rings. The Morgan fingerprint density at radius 2 is 2.07 bits per heavy atom. The number of hydrogen-bond acceptors (Lipinski definition) is 3. The van der Waals surface area contributed by atoms with Crippen LogP contribution in [0.2, 0.25) is 0 Å². The first-order valence-electron chi connectivity index (χ1n) is 3.77. The van der Waals surface area contributed by atoms with Crippen molar-refractivity contribution in [2.24, 2.45) is 0 Å². The Hall–Kier alpha value is -0.700. The summed E-state index contributed by atoms with van der Waals surface area (Å²) in [6.45, 7) is 0. The van der Waals surface area contributed by atoms with Crippen molar-refractivity contribution >= 4 is 38.5 Å². The van der Waals surface area contributed by atoms with Gasteiger partial charge in [0.1, 0.15) is 5.82 Å². The van der Waals surface area contributed by atoms with E-state index in [0.717, 1.165) is 12.3 Å². The van der Waals surface area contributed by atoms with E-state index in [-0.39, 0.29) is 5.56 Å². The van der Waals surface area contributed by atoms with Crippen molar-refractivity contribution in [1.29, 1.82) is 0 Å². The largest absolute Gasteiger partial charge is 0.268 e. The second-order valence-corrected chi connectivity index (χ2v) is 5.71. The molecule has 0 unspecified atom stereocenters. The van der Waals surface area contributed by atoms with Gasteiger partial charge in [-0.1, -0.05) is 6.07 Å². The maximum Gasteiger partial charge on any atom is 0.268 e. The topological polar surface area (TPSA) is 63.2 Å². The van der Waals surface area contributed by atoms with Gasteiger partial charge in [-0.2, -0.15) is 0 Å². The lowest BCUT2D eigenvalue weighted by Gasteiger charge is -2.05. The minimum atomic E-state index is -3.67. The van der Waals surface area contributed by atoms with Crippen LogP contribution in [-0.4, -0.2) is 20.6 Å². The monoisotopic (exact) mass is 343 g/mol. The number of hydrogen-bond donors (Lipinski definition) is 1. The minimum Gasteiger partial charge on any atom is -0.268 e. The van der Waals surface area contributed by atoms with Gasteiger partial charge < -0.3 is 0 Å². The average Bonchev–Trinajstić information content (AvgIpc) is 1.99. The summed E-state index contributed by atoms with van der Waals surface area (Å²) >= 11 is 1.76. The third-order valence-corrected chi connectivity index (χ3v) is 2.92. The number of rotatable bonds is 2. The van der Waals surface area contributed by atoms with Crippen LogP contribution in [-0.2, 0) is 10.0 Å². The molecule has 0 saturated carbocycles. The summed E-state index contributed by atoms with van der Waals surface area (Å²) in [5, 5.41) is 0. The standard InChI is InChI=1S/C8H7FINO3S/c1-15(13,14)11-8(12)7-5(9)3-2-4-6(7)10/h2-4H,1H3,(H,11,12). The highest BCUT2D eigenvalue weighted by Gasteiger charge is 2.18. The highest BCUT2D eigenvalue weighted by Crippen LogP contribution is 2.15. The third kappa shape index (κ3) is 3.42. The molecule has 0 heterocycles. The number of amides is 1. The van der Waals surface area contributed by atoms with Crippen molar-refractivity contribution in [2.45, 2.75) is 0 Å². The number of sulfonamides is 1. The van der Waals surface area contributed by atoms with Crippen LogP contribution in [0.1, 0.15) is 10.4 Å². The lowest BCUT2D eigenvalue weighted by molar-refractivity contribution is 0.0977. The molecule has 0 aliphatic carbocycles. The lowest BCUT2D eigenvalue weighted by atomic mass is 10.2. The Kier molecular flexibility index (Phi) is 3.66. The molecule has 0 bridgehead atoms. The fourth-order valence-electron chi connectivity index (χ4n) is 0.934. The summed E-state index contributed by atoms with van der Waals surface area (Å²) in [4.78, 5) is 11.4. The quantitative estimate of drug-likeness (QED) is 0.819. The lowest BCUT2D eigenvalue weighted by Crippen LogP contribution is -2.30. The maximum atomic E-state index is 13.2. The van der Waals surface area contributed by atoms with Gasteiger partial charge in [-0.3, -0.25) is 4.79 Å². The van der Waals surface area contributed by atoms with Gasteiger partial charge in [0.05, 0.1) is 11.8 Å². The SMILES string of the molecule is CS(=O)(=O)NC(=O)c1c(F)cccc1I. The van der Waals surface area contributed by atoms with E-state index in [9.17, 15) is 17.6 Å².